The van der Waals surface area contributed by atoms with E-state index in [1.165, 1.54) is 0 Å². The molecule has 1 aliphatic heterocycles. The Morgan fingerprint density at radius 2 is 2.14 bits per heavy atom. The molecular formula is C15H23N3O3. The summed E-state index contributed by atoms with van der Waals surface area (Å²) in [6.45, 7) is 9.15. The normalized spacial score (nSPS) is 18.9. The van der Waals surface area contributed by atoms with Crippen molar-refractivity contribution in [1.29, 1.82) is 0 Å². The van der Waals surface area contributed by atoms with Crippen molar-refractivity contribution >= 4 is 11.9 Å². The second kappa shape index (κ2) is 5.87. The van der Waals surface area contributed by atoms with Crippen LogP contribution in [0, 0.1) is 5.92 Å². The van der Waals surface area contributed by atoms with E-state index >= 15 is 0 Å². The van der Waals surface area contributed by atoms with Crippen molar-refractivity contribution in [1.82, 2.24) is 14.5 Å². The van der Waals surface area contributed by atoms with E-state index in [-0.39, 0.29) is 17.8 Å². The Hall–Kier alpha value is -1.85. The summed E-state index contributed by atoms with van der Waals surface area (Å²) < 4.78 is 7.17. The summed E-state index contributed by atoms with van der Waals surface area (Å²) in [5.41, 5.74) is -0.516. The SMILES string of the molecule is CCn1ccnc1C(=O)C1CCN(C(=O)OC(C)(C)C)C1. The molecule has 1 fully saturated rings. The molecule has 1 saturated heterocycles. The summed E-state index contributed by atoms with van der Waals surface area (Å²) in [6.07, 6.45) is 3.75. The number of ketones is 1. The molecule has 0 radical (unpaired) electrons. The molecule has 0 saturated carbocycles. The number of Topliss-reactive ketones (excluding diaryl/α,β-unsaturated/α-hetero) is 1. The molecule has 0 spiro atoms. The van der Waals surface area contributed by atoms with E-state index in [0.29, 0.717) is 31.9 Å². The standard InChI is InChI=1S/C15H23N3O3/c1-5-17-9-7-16-13(17)12(19)11-6-8-18(10-11)14(20)21-15(2,3)4/h7,9,11H,5-6,8,10H2,1-4H3. The number of aromatic nitrogens is 2. The third-order valence-electron chi connectivity index (χ3n) is 3.49. The highest BCUT2D eigenvalue weighted by Crippen LogP contribution is 2.22. The van der Waals surface area contributed by atoms with E-state index in [4.69, 9.17) is 4.74 Å². The van der Waals surface area contributed by atoms with Gasteiger partial charge in [0, 0.05) is 37.9 Å². The van der Waals surface area contributed by atoms with Gasteiger partial charge in [0.15, 0.2) is 5.82 Å². The minimum Gasteiger partial charge on any atom is -0.444 e. The van der Waals surface area contributed by atoms with Gasteiger partial charge in [-0.25, -0.2) is 9.78 Å². The van der Waals surface area contributed by atoms with Crippen molar-refractivity contribution in [3.8, 4) is 0 Å². The smallest absolute Gasteiger partial charge is 0.410 e. The van der Waals surface area contributed by atoms with Crippen LogP contribution < -0.4 is 0 Å². The molecule has 1 unspecified atom stereocenters. The number of hydrogen-bond acceptors (Lipinski definition) is 4. The lowest BCUT2D eigenvalue weighted by Gasteiger charge is -2.24. The first-order chi connectivity index (χ1) is 9.81. The zero-order valence-corrected chi connectivity index (χ0v) is 13.1. The van der Waals surface area contributed by atoms with Crippen molar-refractivity contribution < 1.29 is 14.3 Å². The first kappa shape index (κ1) is 15.5. The molecule has 1 amide bonds. The predicted octanol–water partition coefficient (Wildman–Crippen LogP) is 2.34. The van der Waals surface area contributed by atoms with Crippen molar-refractivity contribution in [2.75, 3.05) is 13.1 Å². The highest BCUT2D eigenvalue weighted by molar-refractivity contribution is 5.95. The van der Waals surface area contributed by atoms with Crippen LogP contribution in [0.25, 0.3) is 0 Å². The van der Waals surface area contributed by atoms with Crippen LogP contribution in [0.5, 0.6) is 0 Å². The number of carbonyl (C=O) groups is 2. The maximum atomic E-state index is 12.5. The Labute approximate surface area is 125 Å². The number of ether oxygens (including phenoxy) is 1. The Morgan fingerprint density at radius 1 is 1.43 bits per heavy atom. The zero-order chi connectivity index (χ0) is 15.6. The Balaban J connectivity index is 1.99. The molecule has 116 valence electrons. The van der Waals surface area contributed by atoms with Crippen LogP contribution in [0.2, 0.25) is 0 Å². The number of amides is 1. The molecule has 1 aromatic heterocycles. The summed E-state index contributed by atoms with van der Waals surface area (Å²) in [7, 11) is 0. The molecule has 2 heterocycles. The zero-order valence-electron chi connectivity index (χ0n) is 13.1. The van der Waals surface area contributed by atoms with Crippen LogP contribution in [0.3, 0.4) is 0 Å². The summed E-state index contributed by atoms with van der Waals surface area (Å²) in [5.74, 6) is 0.298. The van der Waals surface area contributed by atoms with Crippen LogP contribution in [-0.2, 0) is 11.3 Å². The molecule has 0 aliphatic carbocycles. The fourth-order valence-corrected chi connectivity index (χ4v) is 2.44. The van der Waals surface area contributed by atoms with E-state index in [1.807, 2.05) is 32.3 Å². The van der Waals surface area contributed by atoms with E-state index in [9.17, 15) is 9.59 Å². The molecule has 6 nitrogen and oxygen atoms in total. The highest BCUT2D eigenvalue weighted by atomic mass is 16.6. The third kappa shape index (κ3) is 3.62. The highest BCUT2D eigenvalue weighted by Gasteiger charge is 2.35. The minimum absolute atomic E-state index is 0.00732. The monoisotopic (exact) mass is 293 g/mol. The number of aryl methyl sites for hydroxylation is 1. The number of imidazole rings is 1. The van der Waals surface area contributed by atoms with Crippen molar-refractivity contribution in [3.05, 3.63) is 18.2 Å². The number of carbonyl (C=O) groups excluding carboxylic acids is 2. The summed E-state index contributed by atoms with van der Waals surface area (Å²) in [5, 5.41) is 0. The quantitative estimate of drug-likeness (QED) is 0.802. The average molecular weight is 293 g/mol. The Bertz CT molecular complexity index is 531. The molecular weight excluding hydrogens is 270 g/mol. The van der Waals surface area contributed by atoms with Crippen LogP contribution >= 0.6 is 0 Å². The molecule has 21 heavy (non-hydrogen) atoms. The van der Waals surface area contributed by atoms with Crippen LogP contribution in [0.4, 0.5) is 4.79 Å². The molecule has 1 atom stereocenters. The van der Waals surface area contributed by atoms with E-state index < -0.39 is 5.60 Å². The third-order valence-corrected chi connectivity index (χ3v) is 3.49. The van der Waals surface area contributed by atoms with Gasteiger partial charge < -0.3 is 14.2 Å². The number of likely N-dealkylation sites (tertiary alicyclic amines) is 1. The van der Waals surface area contributed by atoms with E-state index in [1.54, 1.807) is 17.3 Å². The Kier molecular flexibility index (Phi) is 4.34. The lowest BCUT2D eigenvalue weighted by molar-refractivity contribution is 0.0289. The van der Waals surface area contributed by atoms with Gasteiger partial charge in [-0.05, 0) is 34.1 Å². The molecule has 2 rings (SSSR count). The lowest BCUT2D eigenvalue weighted by atomic mass is 10.0. The fourth-order valence-electron chi connectivity index (χ4n) is 2.44. The van der Waals surface area contributed by atoms with Gasteiger partial charge in [0.2, 0.25) is 5.78 Å². The van der Waals surface area contributed by atoms with Crippen LogP contribution in [0.15, 0.2) is 12.4 Å². The summed E-state index contributed by atoms with van der Waals surface area (Å²) in [4.78, 5) is 30.2. The maximum Gasteiger partial charge on any atom is 0.410 e. The maximum absolute atomic E-state index is 12.5. The number of rotatable bonds is 3. The van der Waals surface area contributed by atoms with Crippen LogP contribution in [-0.4, -0.2) is 45.0 Å². The largest absolute Gasteiger partial charge is 0.444 e. The van der Waals surface area contributed by atoms with Gasteiger partial charge in [-0.15, -0.1) is 0 Å². The van der Waals surface area contributed by atoms with Crippen molar-refractivity contribution in [2.45, 2.75) is 46.3 Å². The molecule has 0 bridgehead atoms. The second-order valence-electron chi connectivity index (χ2n) is 6.31. The Morgan fingerprint density at radius 3 is 2.76 bits per heavy atom. The van der Waals surface area contributed by atoms with Gasteiger partial charge >= 0.3 is 6.09 Å². The first-order valence-corrected chi connectivity index (χ1v) is 7.35. The molecule has 1 aliphatic rings. The molecule has 0 N–H and O–H groups in total. The van der Waals surface area contributed by atoms with Crippen molar-refractivity contribution in [2.24, 2.45) is 5.92 Å². The average Bonchev–Trinajstić information content (AvgIpc) is 3.05. The van der Waals surface area contributed by atoms with Crippen LogP contribution in [0.1, 0.15) is 44.7 Å². The number of hydrogen-bond donors (Lipinski definition) is 0. The molecule has 6 heteroatoms. The second-order valence-corrected chi connectivity index (χ2v) is 6.31. The molecule has 0 aromatic carbocycles. The minimum atomic E-state index is -0.516. The van der Waals surface area contributed by atoms with Gasteiger partial charge in [0.25, 0.3) is 0 Å². The fraction of sp³-hybridized carbons (Fsp3) is 0.667. The molecule has 1 aromatic rings. The summed E-state index contributed by atoms with van der Waals surface area (Å²) in [6, 6.07) is 0. The topological polar surface area (TPSA) is 64.4 Å². The lowest BCUT2D eigenvalue weighted by Crippen LogP contribution is -2.36. The first-order valence-electron chi connectivity index (χ1n) is 7.35. The predicted molar refractivity (Wildman–Crippen MR) is 78.1 cm³/mol. The van der Waals surface area contributed by atoms with Crippen molar-refractivity contribution in [3.63, 3.8) is 0 Å². The van der Waals surface area contributed by atoms with Gasteiger partial charge in [-0.3, -0.25) is 4.79 Å². The van der Waals surface area contributed by atoms with E-state index in [0.717, 1.165) is 0 Å². The van der Waals surface area contributed by atoms with Gasteiger partial charge in [0.1, 0.15) is 5.60 Å². The summed E-state index contributed by atoms with van der Waals surface area (Å²) >= 11 is 0. The van der Waals surface area contributed by atoms with E-state index in [2.05, 4.69) is 4.98 Å². The number of nitrogens with zero attached hydrogens (tertiary/aromatic N) is 3. The van der Waals surface area contributed by atoms with Gasteiger partial charge in [-0.2, -0.15) is 0 Å². The van der Waals surface area contributed by atoms with Gasteiger partial charge in [0.05, 0.1) is 0 Å². The van der Waals surface area contributed by atoms with Gasteiger partial charge in [-0.1, -0.05) is 0 Å².